The standard InChI is InChI=1S/C15H24N2O/c1-3-11-5-7-12(8-6-11)14(17-16)15(18-4-2)13-9-10-13/h5-8,13-15,17H,3-4,9-10,16H2,1-2H3. The van der Waals surface area contributed by atoms with Crippen LogP contribution in [0.4, 0.5) is 0 Å². The molecule has 2 atom stereocenters. The minimum atomic E-state index is 0.100. The van der Waals surface area contributed by atoms with E-state index in [0.29, 0.717) is 5.92 Å². The SMILES string of the molecule is CCOC(C1CC1)C(NN)c1ccc(CC)cc1. The number of rotatable bonds is 7. The number of hydrogen-bond donors (Lipinski definition) is 2. The maximum absolute atomic E-state index is 5.89. The van der Waals surface area contributed by atoms with Crippen LogP contribution in [0.15, 0.2) is 24.3 Å². The van der Waals surface area contributed by atoms with E-state index in [4.69, 9.17) is 10.6 Å². The minimum Gasteiger partial charge on any atom is -0.376 e. The maximum Gasteiger partial charge on any atom is 0.0810 e. The first kappa shape index (κ1) is 13.5. The summed E-state index contributed by atoms with van der Waals surface area (Å²) in [7, 11) is 0. The van der Waals surface area contributed by atoms with Crippen LogP contribution in [-0.2, 0) is 11.2 Å². The normalized spacial score (nSPS) is 18.6. The predicted molar refractivity (Wildman–Crippen MR) is 74.0 cm³/mol. The number of hydrazine groups is 1. The van der Waals surface area contributed by atoms with E-state index in [-0.39, 0.29) is 12.1 Å². The molecule has 0 radical (unpaired) electrons. The number of benzene rings is 1. The number of nitrogens with two attached hydrogens (primary N) is 1. The molecule has 1 aliphatic carbocycles. The van der Waals surface area contributed by atoms with Gasteiger partial charge in [0.1, 0.15) is 0 Å². The Morgan fingerprint density at radius 3 is 2.39 bits per heavy atom. The lowest BCUT2D eigenvalue weighted by atomic mass is 9.97. The molecule has 100 valence electrons. The molecule has 1 aromatic carbocycles. The van der Waals surface area contributed by atoms with Crippen LogP contribution in [0.2, 0.25) is 0 Å². The van der Waals surface area contributed by atoms with E-state index in [1.807, 2.05) is 6.92 Å². The molecular weight excluding hydrogens is 224 g/mol. The molecule has 1 fully saturated rings. The third-order valence-electron chi connectivity index (χ3n) is 3.70. The zero-order valence-corrected chi connectivity index (χ0v) is 11.4. The molecule has 3 N–H and O–H groups in total. The Bertz CT molecular complexity index is 359. The average Bonchev–Trinajstić information content (AvgIpc) is 3.23. The summed E-state index contributed by atoms with van der Waals surface area (Å²) in [5, 5.41) is 0. The van der Waals surface area contributed by atoms with Crippen molar-refractivity contribution in [1.82, 2.24) is 5.43 Å². The smallest absolute Gasteiger partial charge is 0.0810 e. The predicted octanol–water partition coefficient (Wildman–Crippen LogP) is 2.57. The fourth-order valence-corrected chi connectivity index (χ4v) is 2.46. The number of ether oxygens (including phenoxy) is 1. The van der Waals surface area contributed by atoms with Crippen molar-refractivity contribution in [2.45, 2.75) is 45.3 Å². The van der Waals surface area contributed by atoms with Gasteiger partial charge in [0.15, 0.2) is 0 Å². The zero-order chi connectivity index (χ0) is 13.0. The van der Waals surface area contributed by atoms with Crippen molar-refractivity contribution in [1.29, 1.82) is 0 Å². The van der Waals surface area contributed by atoms with Crippen molar-refractivity contribution in [3.05, 3.63) is 35.4 Å². The summed E-state index contributed by atoms with van der Waals surface area (Å²) in [4.78, 5) is 0. The quantitative estimate of drug-likeness (QED) is 0.576. The van der Waals surface area contributed by atoms with E-state index in [2.05, 4.69) is 36.6 Å². The Labute approximate surface area is 110 Å². The van der Waals surface area contributed by atoms with E-state index in [9.17, 15) is 0 Å². The van der Waals surface area contributed by atoms with E-state index < -0.39 is 0 Å². The molecule has 1 aliphatic rings. The summed E-state index contributed by atoms with van der Waals surface area (Å²) in [6.45, 7) is 4.95. The summed E-state index contributed by atoms with van der Waals surface area (Å²) in [6.07, 6.45) is 3.79. The van der Waals surface area contributed by atoms with Crippen LogP contribution in [0, 0.1) is 5.92 Å². The highest BCUT2D eigenvalue weighted by Crippen LogP contribution is 2.39. The van der Waals surface area contributed by atoms with Crippen molar-refractivity contribution < 1.29 is 4.74 Å². The van der Waals surface area contributed by atoms with Gasteiger partial charge in [0.2, 0.25) is 0 Å². The zero-order valence-electron chi connectivity index (χ0n) is 11.4. The maximum atomic E-state index is 5.89. The van der Waals surface area contributed by atoms with E-state index in [0.717, 1.165) is 13.0 Å². The van der Waals surface area contributed by atoms with Crippen LogP contribution in [-0.4, -0.2) is 12.7 Å². The second-order valence-electron chi connectivity index (χ2n) is 5.00. The first-order valence-electron chi connectivity index (χ1n) is 6.96. The van der Waals surface area contributed by atoms with Gasteiger partial charge in [-0.05, 0) is 43.2 Å². The van der Waals surface area contributed by atoms with Gasteiger partial charge >= 0.3 is 0 Å². The molecule has 0 aliphatic heterocycles. The van der Waals surface area contributed by atoms with Crippen LogP contribution in [0.3, 0.4) is 0 Å². The van der Waals surface area contributed by atoms with Crippen LogP contribution in [0.1, 0.15) is 43.9 Å². The van der Waals surface area contributed by atoms with Crippen molar-refractivity contribution in [3.8, 4) is 0 Å². The monoisotopic (exact) mass is 248 g/mol. The molecule has 2 rings (SSSR count). The second-order valence-corrected chi connectivity index (χ2v) is 5.00. The molecule has 2 unspecified atom stereocenters. The molecule has 0 heterocycles. The Kier molecular flexibility index (Phi) is 4.75. The molecule has 1 aromatic rings. The van der Waals surface area contributed by atoms with Crippen molar-refractivity contribution in [2.24, 2.45) is 11.8 Å². The van der Waals surface area contributed by atoms with Gasteiger partial charge in [-0.15, -0.1) is 0 Å². The largest absolute Gasteiger partial charge is 0.376 e. The molecule has 0 amide bonds. The Hall–Kier alpha value is -0.900. The van der Waals surface area contributed by atoms with Gasteiger partial charge in [-0.3, -0.25) is 11.3 Å². The van der Waals surface area contributed by atoms with Crippen LogP contribution >= 0.6 is 0 Å². The van der Waals surface area contributed by atoms with Gasteiger partial charge in [-0.25, -0.2) is 0 Å². The van der Waals surface area contributed by atoms with Gasteiger partial charge in [-0.2, -0.15) is 0 Å². The van der Waals surface area contributed by atoms with Crippen LogP contribution in [0.25, 0.3) is 0 Å². The number of nitrogens with one attached hydrogen (secondary N) is 1. The molecule has 0 spiro atoms. The third kappa shape index (κ3) is 3.10. The molecule has 0 saturated heterocycles. The minimum absolute atomic E-state index is 0.100. The van der Waals surface area contributed by atoms with Crippen molar-refractivity contribution in [3.63, 3.8) is 0 Å². The van der Waals surface area contributed by atoms with Crippen molar-refractivity contribution >= 4 is 0 Å². The van der Waals surface area contributed by atoms with Crippen molar-refractivity contribution in [2.75, 3.05) is 6.61 Å². The summed E-state index contributed by atoms with van der Waals surface area (Å²) in [5.74, 6) is 6.41. The summed E-state index contributed by atoms with van der Waals surface area (Å²) in [5.41, 5.74) is 5.51. The van der Waals surface area contributed by atoms with Gasteiger partial charge in [-0.1, -0.05) is 31.2 Å². The van der Waals surface area contributed by atoms with Gasteiger partial charge in [0, 0.05) is 6.61 Å². The second kappa shape index (κ2) is 6.32. The summed E-state index contributed by atoms with van der Waals surface area (Å²) < 4.78 is 5.89. The Morgan fingerprint density at radius 1 is 1.28 bits per heavy atom. The number of aryl methyl sites for hydroxylation is 1. The lowest BCUT2D eigenvalue weighted by Crippen LogP contribution is -2.39. The first-order valence-corrected chi connectivity index (χ1v) is 6.96. The highest BCUT2D eigenvalue weighted by atomic mass is 16.5. The fraction of sp³-hybridized carbons (Fsp3) is 0.600. The van der Waals surface area contributed by atoms with Gasteiger partial charge < -0.3 is 4.74 Å². The van der Waals surface area contributed by atoms with Gasteiger partial charge in [0.05, 0.1) is 12.1 Å². The fourth-order valence-electron chi connectivity index (χ4n) is 2.46. The highest BCUT2D eigenvalue weighted by Gasteiger charge is 2.37. The Balaban J connectivity index is 2.14. The highest BCUT2D eigenvalue weighted by molar-refractivity contribution is 5.26. The lowest BCUT2D eigenvalue weighted by molar-refractivity contribution is 0.0185. The van der Waals surface area contributed by atoms with Crippen LogP contribution in [0.5, 0.6) is 0 Å². The third-order valence-corrected chi connectivity index (χ3v) is 3.70. The summed E-state index contributed by atoms with van der Waals surface area (Å²) in [6, 6.07) is 8.78. The topological polar surface area (TPSA) is 47.3 Å². The molecule has 0 bridgehead atoms. The van der Waals surface area contributed by atoms with Crippen LogP contribution < -0.4 is 11.3 Å². The Morgan fingerprint density at radius 2 is 1.94 bits per heavy atom. The molecule has 1 saturated carbocycles. The first-order chi connectivity index (χ1) is 8.80. The van der Waals surface area contributed by atoms with Gasteiger partial charge in [0.25, 0.3) is 0 Å². The molecule has 18 heavy (non-hydrogen) atoms. The number of hydrogen-bond acceptors (Lipinski definition) is 3. The van der Waals surface area contributed by atoms with E-state index in [1.54, 1.807) is 0 Å². The molecular formula is C15H24N2O. The van der Waals surface area contributed by atoms with E-state index >= 15 is 0 Å². The average molecular weight is 248 g/mol. The summed E-state index contributed by atoms with van der Waals surface area (Å²) >= 11 is 0. The molecule has 3 heteroatoms. The van der Waals surface area contributed by atoms with E-state index in [1.165, 1.54) is 24.0 Å². The lowest BCUT2D eigenvalue weighted by Gasteiger charge is -2.27. The molecule has 3 nitrogen and oxygen atoms in total. The molecule has 0 aromatic heterocycles.